The average Bonchev–Trinajstić information content (AvgIpc) is 3.06. The van der Waals surface area contributed by atoms with Gasteiger partial charge in [0.15, 0.2) is 0 Å². The third-order valence-corrected chi connectivity index (χ3v) is 7.48. The van der Waals surface area contributed by atoms with Crippen LogP contribution in [0.1, 0.15) is 24.2 Å². The van der Waals surface area contributed by atoms with E-state index in [4.69, 9.17) is 11.6 Å². The van der Waals surface area contributed by atoms with Crippen LogP contribution in [0.25, 0.3) is 0 Å². The third kappa shape index (κ3) is 3.14. The second-order valence-electron chi connectivity index (χ2n) is 6.80. The van der Waals surface area contributed by atoms with E-state index in [0.717, 1.165) is 30.6 Å². The summed E-state index contributed by atoms with van der Waals surface area (Å²) in [4.78, 5) is 10.5. The molecule has 1 aromatic carbocycles. The van der Waals surface area contributed by atoms with Crippen molar-refractivity contribution >= 4 is 33.1 Å². The van der Waals surface area contributed by atoms with Gasteiger partial charge < -0.3 is 4.90 Å². The lowest BCUT2D eigenvalue weighted by atomic mass is 10.1. The molecule has 0 amide bonds. The molecule has 0 radical (unpaired) electrons. The van der Waals surface area contributed by atoms with E-state index in [2.05, 4.69) is 9.97 Å². The monoisotopic (exact) mass is 392 g/mol. The minimum Gasteiger partial charge on any atom is -0.355 e. The van der Waals surface area contributed by atoms with Crippen molar-refractivity contribution < 1.29 is 8.42 Å². The Balaban J connectivity index is 1.59. The van der Waals surface area contributed by atoms with Crippen molar-refractivity contribution in [2.45, 2.75) is 31.4 Å². The number of rotatable bonds is 3. The van der Waals surface area contributed by atoms with Crippen molar-refractivity contribution in [1.82, 2.24) is 9.97 Å². The minimum absolute atomic E-state index is 0.381. The highest BCUT2D eigenvalue weighted by atomic mass is 35.5. The van der Waals surface area contributed by atoms with Crippen LogP contribution in [0.5, 0.6) is 0 Å². The summed E-state index contributed by atoms with van der Waals surface area (Å²) in [5.41, 5.74) is 1.92. The van der Waals surface area contributed by atoms with Crippen LogP contribution in [0.3, 0.4) is 0 Å². The standard InChI is InChI=1S/C18H21ClN4O2S/c1-13-20-17(19)11-18(21-13)22-9-4-6-15(12-22)26(24,25)23-10-8-14-5-2-3-7-16(14)23/h2-3,5,7,11,15H,4,6,8-10,12H2,1H3. The molecule has 138 valence electrons. The van der Waals surface area contributed by atoms with E-state index >= 15 is 0 Å². The lowest BCUT2D eigenvalue weighted by Crippen LogP contribution is -2.48. The lowest BCUT2D eigenvalue weighted by molar-refractivity contribution is 0.527. The summed E-state index contributed by atoms with van der Waals surface area (Å²) in [5, 5.41) is -0.0672. The van der Waals surface area contributed by atoms with Crippen molar-refractivity contribution in [2.75, 3.05) is 28.8 Å². The molecule has 0 aliphatic carbocycles. The molecule has 2 aliphatic rings. The number of benzene rings is 1. The Bertz CT molecular complexity index is 914. The van der Waals surface area contributed by atoms with Crippen LogP contribution in [-0.4, -0.2) is 43.3 Å². The van der Waals surface area contributed by atoms with Gasteiger partial charge in [-0.05, 0) is 37.8 Å². The topological polar surface area (TPSA) is 66.4 Å². The number of fused-ring (bicyclic) bond motifs is 1. The molecule has 1 atom stereocenters. The predicted molar refractivity (Wildman–Crippen MR) is 103 cm³/mol. The van der Waals surface area contributed by atoms with Crippen LogP contribution in [0.15, 0.2) is 30.3 Å². The molecule has 2 aromatic rings. The van der Waals surface area contributed by atoms with Crippen LogP contribution in [0, 0.1) is 6.92 Å². The van der Waals surface area contributed by atoms with E-state index in [1.54, 1.807) is 17.3 Å². The van der Waals surface area contributed by atoms with Crippen LogP contribution in [0.4, 0.5) is 11.5 Å². The summed E-state index contributed by atoms with van der Waals surface area (Å²) in [6.07, 6.45) is 2.24. The first-order valence-electron chi connectivity index (χ1n) is 8.81. The minimum atomic E-state index is -3.42. The number of hydrogen-bond acceptors (Lipinski definition) is 5. The van der Waals surface area contributed by atoms with E-state index in [1.165, 1.54) is 0 Å². The Hall–Kier alpha value is -1.86. The van der Waals surface area contributed by atoms with Gasteiger partial charge in [-0.15, -0.1) is 0 Å². The second kappa shape index (κ2) is 6.70. The number of aromatic nitrogens is 2. The smallest absolute Gasteiger partial charge is 0.239 e. The third-order valence-electron chi connectivity index (χ3n) is 5.07. The molecule has 0 saturated carbocycles. The van der Waals surface area contributed by atoms with Crippen LogP contribution >= 0.6 is 11.6 Å². The van der Waals surface area contributed by atoms with Crippen LogP contribution in [0.2, 0.25) is 5.15 Å². The molecular weight excluding hydrogens is 372 g/mol. The average molecular weight is 393 g/mol. The van der Waals surface area contributed by atoms with Gasteiger partial charge in [0.05, 0.1) is 10.9 Å². The zero-order valence-electron chi connectivity index (χ0n) is 14.6. The number of anilines is 2. The summed E-state index contributed by atoms with van der Waals surface area (Å²) >= 11 is 6.05. The van der Waals surface area contributed by atoms with Crippen molar-refractivity contribution in [3.8, 4) is 0 Å². The molecule has 3 heterocycles. The molecule has 1 fully saturated rings. The maximum absolute atomic E-state index is 13.3. The fraction of sp³-hybridized carbons (Fsp3) is 0.444. The summed E-state index contributed by atoms with van der Waals surface area (Å²) in [7, 11) is -3.42. The molecule has 1 unspecified atom stereocenters. The number of sulfonamides is 1. The molecule has 6 nitrogen and oxygen atoms in total. The Morgan fingerprint density at radius 1 is 1.19 bits per heavy atom. The molecule has 0 spiro atoms. The maximum atomic E-state index is 13.3. The van der Waals surface area contributed by atoms with Crippen LogP contribution < -0.4 is 9.21 Å². The van der Waals surface area contributed by atoms with E-state index in [9.17, 15) is 8.42 Å². The van der Waals surface area contributed by atoms with Gasteiger partial charge in [-0.2, -0.15) is 0 Å². The molecule has 2 aliphatic heterocycles. The Kier molecular flexibility index (Phi) is 4.52. The van der Waals surface area contributed by atoms with Crippen molar-refractivity contribution in [2.24, 2.45) is 0 Å². The molecule has 0 N–H and O–H groups in total. The Labute approximate surface area is 158 Å². The lowest BCUT2D eigenvalue weighted by Gasteiger charge is -2.35. The quantitative estimate of drug-likeness (QED) is 0.751. The fourth-order valence-corrected chi connectivity index (χ4v) is 6.03. The van der Waals surface area contributed by atoms with E-state index in [0.29, 0.717) is 36.3 Å². The summed E-state index contributed by atoms with van der Waals surface area (Å²) in [6, 6.07) is 9.45. The zero-order valence-corrected chi connectivity index (χ0v) is 16.2. The molecule has 0 bridgehead atoms. The predicted octanol–water partition coefficient (Wildman–Crippen LogP) is 2.80. The number of halogens is 1. The Morgan fingerprint density at radius 2 is 2.00 bits per heavy atom. The van der Waals surface area contributed by atoms with Gasteiger partial charge in [0, 0.05) is 25.7 Å². The second-order valence-corrected chi connectivity index (χ2v) is 9.33. The molecule has 26 heavy (non-hydrogen) atoms. The van der Waals surface area contributed by atoms with Gasteiger partial charge in [0.2, 0.25) is 10.0 Å². The highest BCUT2D eigenvalue weighted by Gasteiger charge is 2.38. The number of para-hydroxylation sites is 1. The van der Waals surface area contributed by atoms with E-state index in [-0.39, 0.29) is 0 Å². The largest absolute Gasteiger partial charge is 0.355 e. The zero-order chi connectivity index (χ0) is 18.3. The number of piperidine rings is 1. The van der Waals surface area contributed by atoms with Gasteiger partial charge in [-0.1, -0.05) is 29.8 Å². The molecule has 1 saturated heterocycles. The first-order chi connectivity index (χ1) is 12.4. The maximum Gasteiger partial charge on any atom is 0.239 e. The summed E-state index contributed by atoms with van der Waals surface area (Å²) in [5.74, 6) is 1.29. The first-order valence-corrected chi connectivity index (χ1v) is 10.7. The number of hydrogen-bond donors (Lipinski definition) is 0. The fourth-order valence-electron chi connectivity index (χ4n) is 3.82. The normalized spacial score (nSPS) is 20.3. The van der Waals surface area contributed by atoms with Gasteiger partial charge in [-0.3, -0.25) is 4.31 Å². The van der Waals surface area contributed by atoms with Gasteiger partial charge in [0.1, 0.15) is 16.8 Å². The molecular formula is C18H21ClN4O2S. The van der Waals surface area contributed by atoms with Crippen molar-refractivity contribution in [3.05, 3.63) is 46.9 Å². The molecule has 4 rings (SSSR count). The number of aryl methyl sites for hydroxylation is 1. The highest BCUT2D eigenvalue weighted by Crippen LogP contribution is 2.33. The first kappa shape index (κ1) is 17.5. The van der Waals surface area contributed by atoms with E-state index < -0.39 is 15.3 Å². The molecule has 1 aromatic heterocycles. The van der Waals surface area contributed by atoms with E-state index in [1.807, 2.05) is 29.2 Å². The van der Waals surface area contributed by atoms with Gasteiger partial charge in [0.25, 0.3) is 0 Å². The van der Waals surface area contributed by atoms with Gasteiger partial charge in [-0.25, -0.2) is 18.4 Å². The molecule has 8 heteroatoms. The van der Waals surface area contributed by atoms with Gasteiger partial charge >= 0.3 is 0 Å². The van der Waals surface area contributed by atoms with Crippen molar-refractivity contribution in [3.63, 3.8) is 0 Å². The Morgan fingerprint density at radius 3 is 2.81 bits per heavy atom. The summed E-state index contributed by atoms with van der Waals surface area (Å²) in [6.45, 7) is 3.51. The summed E-state index contributed by atoms with van der Waals surface area (Å²) < 4.78 is 28.2. The SMILES string of the molecule is Cc1nc(Cl)cc(N2CCCC(S(=O)(=O)N3CCc4ccccc43)C2)n1. The highest BCUT2D eigenvalue weighted by molar-refractivity contribution is 7.93. The van der Waals surface area contributed by atoms with Crippen LogP contribution in [-0.2, 0) is 16.4 Å². The van der Waals surface area contributed by atoms with Crippen molar-refractivity contribution in [1.29, 1.82) is 0 Å². The number of nitrogens with zero attached hydrogens (tertiary/aromatic N) is 4.